The monoisotopic (exact) mass is 1090 g/mol. The molecule has 1 fully saturated rings. The fraction of sp³-hybridized carbons (Fsp3) is 0.477. The molecule has 2 aromatic carbocycles. The van der Waals surface area contributed by atoms with Crippen molar-refractivity contribution < 1.29 is 75.4 Å². The van der Waals surface area contributed by atoms with Crippen molar-refractivity contribution >= 4 is 60.1 Å². The summed E-state index contributed by atoms with van der Waals surface area (Å²) in [6.45, 7) is 1.51. The zero-order valence-electron chi connectivity index (χ0n) is 38.8. The van der Waals surface area contributed by atoms with Crippen LogP contribution in [0.25, 0.3) is 22.0 Å². The molecule has 3 amide bonds. The van der Waals surface area contributed by atoms with Gasteiger partial charge in [0, 0.05) is 47.2 Å². The number of aliphatic hydroxyl groups is 1. The van der Waals surface area contributed by atoms with E-state index < -0.39 is 155 Å². The maximum atomic E-state index is 15.6. The lowest BCUT2D eigenvalue weighted by molar-refractivity contribution is -0.143. The van der Waals surface area contributed by atoms with Gasteiger partial charge in [-0.2, -0.15) is 49.6 Å². The van der Waals surface area contributed by atoms with Crippen LogP contribution in [0.15, 0.2) is 42.5 Å². The van der Waals surface area contributed by atoms with Crippen LogP contribution in [-0.2, 0) is 62.7 Å². The number of carbonyl (C=O) groups excluding carboxylic acids is 2. The maximum Gasteiger partial charge on any atom is 0.435 e. The van der Waals surface area contributed by atoms with Gasteiger partial charge in [-0.15, -0.1) is 0 Å². The Hall–Kier alpha value is -5.54. The van der Waals surface area contributed by atoms with Gasteiger partial charge in [-0.3, -0.25) is 19.1 Å². The van der Waals surface area contributed by atoms with E-state index in [9.17, 15) is 66.7 Å². The van der Waals surface area contributed by atoms with Crippen LogP contribution >= 0.6 is 11.6 Å². The van der Waals surface area contributed by atoms with Crippen LogP contribution < -0.4 is 14.9 Å². The summed E-state index contributed by atoms with van der Waals surface area (Å²) in [5, 5.41) is 21.2. The van der Waals surface area contributed by atoms with E-state index in [1.165, 1.54) is 39.8 Å². The molecule has 392 valence electrons. The third kappa shape index (κ3) is 11.2. The van der Waals surface area contributed by atoms with Gasteiger partial charge in [-0.05, 0) is 89.1 Å². The molecule has 7 rings (SSSR count). The van der Waals surface area contributed by atoms with Gasteiger partial charge in [0.25, 0.3) is 5.92 Å². The third-order valence-corrected chi connectivity index (χ3v) is 15.8. The number of nitrogens with one attached hydrogen (secondary N) is 2. The van der Waals surface area contributed by atoms with Crippen LogP contribution in [0.1, 0.15) is 86.4 Å². The van der Waals surface area contributed by atoms with E-state index in [-0.39, 0.29) is 61.0 Å². The van der Waals surface area contributed by atoms with E-state index in [1.54, 1.807) is 0 Å². The highest BCUT2D eigenvalue weighted by Gasteiger charge is 2.68. The predicted octanol–water partition coefficient (Wildman–Crippen LogP) is 8.12. The highest BCUT2D eigenvalue weighted by Crippen LogP contribution is 2.68. The van der Waals surface area contributed by atoms with Gasteiger partial charge in [0.2, 0.25) is 15.9 Å². The van der Waals surface area contributed by atoms with E-state index in [2.05, 4.69) is 20.8 Å². The summed E-state index contributed by atoms with van der Waals surface area (Å²) in [4.78, 5) is 32.5. The summed E-state index contributed by atoms with van der Waals surface area (Å²) >= 11 is 6.64. The SMILES string of the molecule is CC(C)(O)CNC(=O)N(c1nn(CC(F)(F)F)c2c(-c3ccc(CCC(C)(C)S(C)(=O)=O)nc3[C@H](Cc3cc(F)cc(F)c3)NC(=O)Cn3nc(C(F)(F)F)c4c3C(F)(F)C3C[C@H]43)ccc(Cl)c12)S(C)(=O)=O. The minimum Gasteiger partial charge on any atom is -0.389 e. The van der Waals surface area contributed by atoms with Gasteiger partial charge in [-0.1, -0.05) is 23.7 Å². The number of nitrogens with zero attached hydrogens (tertiary/aromatic N) is 6. The van der Waals surface area contributed by atoms with Crippen molar-refractivity contribution in [3.05, 3.63) is 93.0 Å². The molecule has 0 bridgehead atoms. The zero-order chi connectivity index (χ0) is 53.6. The molecule has 2 aliphatic carbocycles. The second kappa shape index (κ2) is 18.4. The minimum absolute atomic E-state index is 0.0140. The van der Waals surface area contributed by atoms with Crippen LogP contribution in [0.4, 0.5) is 54.5 Å². The van der Waals surface area contributed by atoms with Gasteiger partial charge in [0.05, 0.1) is 44.3 Å². The minimum atomic E-state index is -5.21. The number of aromatic nitrogens is 5. The molecule has 5 aromatic rings. The molecule has 0 radical (unpaired) electrons. The summed E-state index contributed by atoms with van der Waals surface area (Å²) < 4.78 is 198. The number of halogens is 11. The van der Waals surface area contributed by atoms with Gasteiger partial charge in [0.15, 0.2) is 21.3 Å². The molecule has 3 N–H and O–H groups in total. The second-order valence-corrected chi connectivity index (χ2v) is 24.0. The smallest absolute Gasteiger partial charge is 0.389 e. The van der Waals surface area contributed by atoms with Crippen LogP contribution in [0, 0.1) is 17.6 Å². The van der Waals surface area contributed by atoms with E-state index in [4.69, 9.17) is 16.6 Å². The Morgan fingerprint density at radius 3 is 2.12 bits per heavy atom. The largest absolute Gasteiger partial charge is 0.435 e. The highest BCUT2D eigenvalue weighted by molar-refractivity contribution is 7.93. The maximum absolute atomic E-state index is 15.6. The molecule has 0 saturated heterocycles. The molecule has 3 aromatic heterocycles. The molecular weight excluding hydrogens is 1040 g/mol. The molecule has 0 aliphatic heterocycles. The number of sulfonamides is 1. The molecule has 28 heteroatoms. The number of amides is 3. The fourth-order valence-electron chi connectivity index (χ4n) is 8.59. The van der Waals surface area contributed by atoms with Gasteiger partial charge in [0.1, 0.15) is 30.4 Å². The number of sulfone groups is 1. The second-order valence-electron chi connectivity index (χ2n) is 19.1. The Morgan fingerprint density at radius 2 is 1.56 bits per heavy atom. The lowest BCUT2D eigenvalue weighted by Gasteiger charge is -2.25. The fourth-order valence-corrected chi connectivity index (χ4v) is 10.1. The Balaban J connectivity index is 1.46. The summed E-state index contributed by atoms with van der Waals surface area (Å²) in [5.41, 5.74) is -6.88. The standard InChI is InChI=1S/C44H45ClF10N8O7S2/c1-40(2,66)19-56-39(65)63(72(6,69)70)38-33-29(45)10-9-26(35(33)62(60-38)20-42(48,49)50)25-8-7-24(11-12-41(3,4)71(5,67)68)57-34(25)30(15-21-13-22(46)16-23(47)14-21)58-31(64)18-61-37-32(36(59-61)44(53,54)55)27-17-28(27)43(37,51)52/h7-10,13-14,16,27-28,30,66H,11-12,15,17-20H2,1-6H3,(H,56,65)(H,58,64)/t27-,28?,30-/m0/s1. The van der Waals surface area contributed by atoms with E-state index >= 15 is 8.78 Å². The van der Waals surface area contributed by atoms with Crippen molar-refractivity contribution in [1.82, 2.24) is 35.2 Å². The first-order valence-electron chi connectivity index (χ1n) is 21.6. The lowest BCUT2D eigenvalue weighted by Crippen LogP contribution is -2.48. The Kier molecular flexibility index (Phi) is 13.9. The molecule has 1 saturated carbocycles. The van der Waals surface area contributed by atoms with Crippen LogP contribution in [0.5, 0.6) is 0 Å². The molecular formula is C44H45ClF10N8O7S2. The van der Waals surface area contributed by atoms with Crippen molar-refractivity contribution in [2.75, 3.05) is 23.4 Å². The number of carbonyl (C=O) groups is 2. The number of benzene rings is 2. The van der Waals surface area contributed by atoms with Crippen molar-refractivity contribution in [1.29, 1.82) is 0 Å². The quantitative estimate of drug-likeness (QED) is 0.0812. The predicted molar refractivity (Wildman–Crippen MR) is 241 cm³/mol. The number of hydrogen-bond acceptors (Lipinski definition) is 10. The third-order valence-electron chi connectivity index (χ3n) is 12.3. The average Bonchev–Trinajstić information content (AvgIpc) is 3.73. The summed E-state index contributed by atoms with van der Waals surface area (Å²) in [7, 11) is -8.55. The van der Waals surface area contributed by atoms with Crippen LogP contribution in [0.2, 0.25) is 5.02 Å². The van der Waals surface area contributed by atoms with Crippen LogP contribution in [0.3, 0.4) is 0 Å². The van der Waals surface area contributed by atoms with E-state index in [0.717, 1.165) is 30.5 Å². The molecule has 72 heavy (non-hydrogen) atoms. The first-order valence-corrected chi connectivity index (χ1v) is 25.8. The normalized spacial score (nSPS) is 17.4. The van der Waals surface area contributed by atoms with Crippen molar-refractivity contribution in [2.45, 2.75) is 107 Å². The van der Waals surface area contributed by atoms with E-state index in [0.29, 0.717) is 12.3 Å². The van der Waals surface area contributed by atoms with Crippen molar-refractivity contribution in [2.24, 2.45) is 5.92 Å². The number of urea groups is 1. The number of anilines is 1. The topological polar surface area (TPSA) is 198 Å². The molecule has 3 heterocycles. The van der Waals surface area contributed by atoms with Crippen LogP contribution in [-0.4, -0.2) is 94.0 Å². The number of pyridine rings is 1. The first kappa shape index (κ1) is 54.2. The number of fused-ring (bicyclic) bond motifs is 4. The number of hydrogen-bond donors (Lipinski definition) is 3. The van der Waals surface area contributed by atoms with Gasteiger partial charge in [-0.25, -0.2) is 30.4 Å². The number of alkyl halides is 8. The van der Waals surface area contributed by atoms with E-state index in [1.807, 2.05) is 0 Å². The summed E-state index contributed by atoms with van der Waals surface area (Å²) in [6, 6.07) is 3.73. The number of rotatable bonds is 16. The van der Waals surface area contributed by atoms with Crippen molar-refractivity contribution in [3.8, 4) is 11.1 Å². The van der Waals surface area contributed by atoms with Crippen molar-refractivity contribution in [3.63, 3.8) is 0 Å². The highest BCUT2D eigenvalue weighted by atomic mass is 35.5. The number of aryl methyl sites for hydroxylation is 1. The van der Waals surface area contributed by atoms with Gasteiger partial charge >= 0.3 is 18.4 Å². The Bertz CT molecular complexity index is 3210. The molecule has 3 atom stereocenters. The lowest BCUT2D eigenvalue weighted by atomic mass is 9.93. The Morgan fingerprint density at radius 1 is 0.931 bits per heavy atom. The zero-order valence-corrected chi connectivity index (χ0v) is 41.2. The molecule has 15 nitrogen and oxygen atoms in total. The molecule has 0 spiro atoms. The molecule has 2 aliphatic rings. The average molecular weight is 1090 g/mol. The Labute approximate surface area is 409 Å². The molecule has 1 unspecified atom stereocenters. The first-order chi connectivity index (χ1) is 32.9. The van der Waals surface area contributed by atoms with Gasteiger partial charge < -0.3 is 15.7 Å². The summed E-state index contributed by atoms with van der Waals surface area (Å²) in [6.07, 6.45) is -10.0. The summed E-state index contributed by atoms with van der Waals surface area (Å²) in [5.74, 6) is -11.0.